The zero-order valence-corrected chi connectivity index (χ0v) is 13.7. The molecule has 1 atom stereocenters. The third-order valence-corrected chi connectivity index (χ3v) is 5.75. The van der Waals surface area contributed by atoms with Crippen LogP contribution in [0.4, 0.5) is 0 Å². The number of hydrogen-bond donors (Lipinski definition) is 1. The second-order valence-corrected chi connectivity index (χ2v) is 6.79. The van der Waals surface area contributed by atoms with Crippen molar-refractivity contribution in [1.29, 1.82) is 0 Å². The molecule has 118 valence electrons. The molecule has 0 aromatic carbocycles. The lowest BCUT2D eigenvalue weighted by atomic mass is 9.84. The van der Waals surface area contributed by atoms with Crippen molar-refractivity contribution in [2.45, 2.75) is 70.9 Å². The van der Waals surface area contributed by atoms with Gasteiger partial charge < -0.3 is 5.73 Å². The standard InChI is InChI=1S/C17H35N3/c1-3-15-5-7-17(8-6-15)20-13-11-19(12-14-20)16(4-2)9-10-18/h15-17H,3-14,18H2,1-2H3. The molecule has 1 heterocycles. The lowest BCUT2D eigenvalue weighted by Crippen LogP contribution is -2.53. The summed E-state index contributed by atoms with van der Waals surface area (Å²) >= 11 is 0. The van der Waals surface area contributed by atoms with E-state index in [-0.39, 0.29) is 0 Å². The highest BCUT2D eigenvalue weighted by atomic mass is 15.3. The predicted octanol–water partition coefficient (Wildman–Crippen LogP) is 2.70. The fraction of sp³-hybridized carbons (Fsp3) is 1.00. The monoisotopic (exact) mass is 281 g/mol. The molecule has 2 N–H and O–H groups in total. The fourth-order valence-corrected chi connectivity index (χ4v) is 4.22. The zero-order chi connectivity index (χ0) is 14.4. The number of hydrogen-bond acceptors (Lipinski definition) is 3. The van der Waals surface area contributed by atoms with Gasteiger partial charge in [0.1, 0.15) is 0 Å². The minimum absolute atomic E-state index is 0.720. The highest BCUT2D eigenvalue weighted by molar-refractivity contribution is 4.85. The number of nitrogens with zero attached hydrogens (tertiary/aromatic N) is 2. The molecular formula is C17H35N3. The fourth-order valence-electron chi connectivity index (χ4n) is 4.22. The summed E-state index contributed by atoms with van der Waals surface area (Å²) < 4.78 is 0. The maximum Gasteiger partial charge on any atom is 0.0113 e. The Balaban J connectivity index is 1.74. The maximum absolute atomic E-state index is 5.74. The van der Waals surface area contributed by atoms with E-state index in [0.29, 0.717) is 0 Å². The molecule has 2 fully saturated rings. The molecule has 3 nitrogen and oxygen atoms in total. The second kappa shape index (κ2) is 8.35. The summed E-state index contributed by atoms with van der Waals surface area (Å²) in [4.78, 5) is 5.46. The highest BCUT2D eigenvalue weighted by Gasteiger charge is 2.29. The van der Waals surface area contributed by atoms with E-state index in [0.717, 1.165) is 31.0 Å². The number of nitrogens with two attached hydrogens (primary N) is 1. The summed E-state index contributed by atoms with van der Waals surface area (Å²) in [5, 5.41) is 0. The summed E-state index contributed by atoms with van der Waals surface area (Å²) in [6, 6.07) is 1.60. The number of piperazine rings is 1. The summed E-state index contributed by atoms with van der Waals surface area (Å²) in [5.41, 5.74) is 5.74. The normalized spacial score (nSPS) is 31.4. The topological polar surface area (TPSA) is 32.5 Å². The second-order valence-electron chi connectivity index (χ2n) is 6.79. The van der Waals surface area contributed by atoms with Crippen molar-refractivity contribution in [3.05, 3.63) is 0 Å². The molecule has 2 aliphatic rings. The van der Waals surface area contributed by atoms with E-state index in [1.54, 1.807) is 0 Å². The van der Waals surface area contributed by atoms with Gasteiger partial charge in [-0.1, -0.05) is 20.3 Å². The lowest BCUT2D eigenvalue weighted by Gasteiger charge is -2.44. The van der Waals surface area contributed by atoms with Crippen LogP contribution in [0.15, 0.2) is 0 Å². The van der Waals surface area contributed by atoms with Crippen molar-refractivity contribution in [1.82, 2.24) is 9.80 Å². The quantitative estimate of drug-likeness (QED) is 0.812. The minimum atomic E-state index is 0.720. The Hall–Kier alpha value is -0.120. The Kier molecular flexibility index (Phi) is 6.79. The third-order valence-electron chi connectivity index (χ3n) is 5.75. The van der Waals surface area contributed by atoms with Crippen molar-refractivity contribution in [2.24, 2.45) is 11.7 Å². The Labute approximate surface area is 125 Å². The van der Waals surface area contributed by atoms with Crippen LogP contribution >= 0.6 is 0 Å². The van der Waals surface area contributed by atoms with Gasteiger partial charge in [-0.2, -0.15) is 0 Å². The molecule has 1 aliphatic heterocycles. The van der Waals surface area contributed by atoms with Crippen LogP contribution in [0, 0.1) is 5.92 Å². The van der Waals surface area contributed by atoms with Crippen LogP contribution in [0.5, 0.6) is 0 Å². The molecule has 1 saturated heterocycles. The van der Waals surface area contributed by atoms with Crippen molar-refractivity contribution in [3.63, 3.8) is 0 Å². The van der Waals surface area contributed by atoms with Crippen LogP contribution in [0.3, 0.4) is 0 Å². The molecule has 0 amide bonds. The van der Waals surface area contributed by atoms with Crippen LogP contribution in [0.2, 0.25) is 0 Å². The van der Waals surface area contributed by atoms with E-state index in [4.69, 9.17) is 5.73 Å². The van der Waals surface area contributed by atoms with Gasteiger partial charge in [0.15, 0.2) is 0 Å². The SMILES string of the molecule is CCC1CCC(N2CCN(C(CC)CCN)CC2)CC1. The van der Waals surface area contributed by atoms with Crippen molar-refractivity contribution in [2.75, 3.05) is 32.7 Å². The molecular weight excluding hydrogens is 246 g/mol. The Morgan fingerprint density at radius 2 is 1.65 bits per heavy atom. The van der Waals surface area contributed by atoms with Gasteiger partial charge in [0.25, 0.3) is 0 Å². The van der Waals surface area contributed by atoms with Gasteiger partial charge >= 0.3 is 0 Å². The van der Waals surface area contributed by atoms with Crippen molar-refractivity contribution >= 4 is 0 Å². The van der Waals surface area contributed by atoms with Crippen molar-refractivity contribution in [3.8, 4) is 0 Å². The molecule has 1 unspecified atom stereocenters. The van der Waals surface area contributed by atoms with Gasteiger partial charge in [-0.05, 0) is 51.0 Å². The van der Waals surface area contributed by atoms with Gasteiger partial charge in [-0.15, -0.1) is 0 Å². The lowest BCUT2D eigenvalue weighted by molar-refractivity contribution is 0.0476. The molecule has 20 heavy (non-hydrogen) atoms. The third kappa shape index (κ3) is 4.19. The first-order valence-corrected chi connectivity index (χ1v) is 8.96. The van der Waals surface area contributed by atoms with E-state index in [2.05, 4.69) is 23.6 Å². The van der Waals surface area contributed by atoms with E-state index in [9.17, 15) is 0 Å². The van der Waals surface area contributed by atoms with E-state index >= 15 is 0 Å². The average molecular weight is 281 g/mol. The van der Waals surface area contributed by atoms with E-state index in [1.807, 2.05) is 0 Å². The Morgan fingerprint density at radius 3 is 2.15 bits per heavy atom. The zero-order valence-electron chi connectivity index (χ0n) is 13.7. The molecule has 0 bridgehead atoms. The van der Waals surface area contributed by atoms with Crippen LogP contribution < -0.4 is 5.73 Å². The highest BCUT2D eigenvalue weighted by Crippen LogP contribution is 2.30. The van der Waals surface area contributed by atoms with E-state index in [1.165, 1.54) is 64.7 Å². The van der Waals surface area contributed by atoms with Gasteiger partial charge in [0.2, 0.25) is 0 Å². The smallest absolute Gasteiger partial charge is 0.0113 e. The maximum atomic E-state index is 5.74. The summed E-state index contributed by atoms with van der Waals surface area (Å²) in [5.74, 6) is 1.02. The first kappa shape index (κ1) is 16.3. The molecule has 0 radical (unpaired) electrons. The predicted molar refractivity (Wildman–Crippen MR) is 86.9 cm³/mol. The van der Waals surface area contributed by atoms with E-state index < -0.39 is 0 Å². The van der Waals surface area contributed by atoms with Gasteiger partial charge in [-0.3, -0.25) is 9.80 Å². The van der Waals surface area contributed by atoms with Gasteiger partial charge in [0, 0.05) is 38.3 Å². The minimum Gasteiger partial charge on any atom is -0.330 e. The van der Waals surface area contributed by atoms with Gasteiger partial charge in [-0.25, -0.2) is 0 Å². The molecule has 0 aromatic heterocycles. The molecule has 0 aromatic rings. The number of rotatable bonds is 6. The van der Waals surface area contributed by atoms with Crippen LogP contribution in [0.25, 0.3) is 0 Å². The summed E-state index contributed by atoms with van der Waals surface area (Å²) in [6.07, 6.45) is 9.62. The Morgan fingerprint density at radius 1 is 1.00 bits per heavy atom. The molecule has 0 spiro atoms. The molecule has 1 saturated carbocycles. The van der Waals surface area contributed by atoms with Crippen LogP contribution in [-0.2, 0) is 0 Å². The summed E-state index contributed by atoms with van der Waals surface area (Å²) in [6.45, 7) is 10.6. The van der Waals surface area contributed by atoms with Gasteiger partial charge in [0.05, 0.1) is 0 Å². The van der Waals surface area contributed by atoms with Crippen LogP contribution in [0.1, 0.15) is 58.8 Å². The first-order valence-electron chi connectivity index (χ1n) is 8.96. The molecule has 3 heteroatoms. The average Bonchev–Trinajstić information content (AvgIpc) is 2.53. The Bertz CT molecular complexity index is 253. The molecule has 1 aliphatic carbocycles. The first-order chi connectivity index (χ1) is 9.78. The van der Waals surface area contributed by atoms with Crippen LogP contribution in [-0.4, -0.2) is 54.6 Å². The largest absolute Gasteiger partial charge is 0.330 e. The molecule has 2 rings (SSSR count). The summed E-state index contributed by atoms with van der Waals surface area (Å²) in [7, 11) is 0. The van der Waals surface area contributed by atoms with Crippen molar-refractivity contribution < 1.29 is 0 Å².